The summed E-state index contributed by atoms with van der Waals surface area (Å²) >= 11 is 0. The second-order valence-corrected chi connectivity index (χ2v) is 14.1. The van der Waals surface area contributed by atoms with Crippen molar-refractivity contribution in [2.45, 2.75) is 106 Å². The second-order valence-electron chi connectivity index (χ2n) is 14.1. The van der Waals surface area contributed by atoms with Gasteiger partial charge >= 0.3 is 11.9 Å². The zero-order valence-electron chi connectivity index (χ0n) is 27.3. The maximum atomic E-state index is 13.8. The number of unbranched alkanes of at least 4 members (excludes halogenated alkanes) is 3. The first-order valence-electron chi connectivity index (χ1n) is 16.7. The Morgan fingerprint density at radius 2 is 1.85 bits per heavy atom. The summed E-state index contributed by atoms with van der Waals surface area (Å²) in [6.45, 7) is 11.0. The van der Waals surface area contributed by atoms with Crippen LogP contribution < -0.4 is 0 Å². The van der Waals surface area contributed by atoms with Gasteiger partial charge < -0.3 is 39.0 Å². The molecule has 0 amide bonds. The lowest BCUT2D eigenvalue weighted by Gasteiger charge is -2.61. The molecule has 3 saturated heterocycles. The highest BCUT2D eigenvalue weighted by Gasteiger charge is 2.90. The molecule has 10 nitrogen and oxygen atoms in total. The van der Waals surface area contributed by atoms with Crippen molar-refractivity contribution >= 4 is 11.8 Å². The molecule has 3 aliphatic carbocycles. The Bertz CT molecular complexity index is 1570. The third kappa shape index (κ3) is 4.16. The van der Waals surface area contributed by atoms with Crippen molar-refractivity contribution in [1.29, 1.82) is 0 Å². The van der Waals surface area contributed by atoms with E-state index in [0.29, 0.717) is 11.1 Å². The minimum atomic E-state index is -2.41. The van der Waals surface area contributed by atoms with Crippen LogP contribution >= 0.6 is 0 Å². The quantitative estimate of drug-likeness (QED) is 0.113. The fourth-order valence-corrected chi connectivity index (χ4v) is 9.24. The molecule has 12 atom stereocenters. The maximum Gasteiger partial charge on any atom is 0.338 e. The molecule has 7 rings (SSSR count). The molecular weight excluding hydrogens is 604 g/mol. The first kappa shape index (κ1) is 32.6. The third-order valence-electron chi connectivity index (χ3n) is 11.5. The zero-order chi connectivity index (χ0) is 33.6. The number of rotatable bonds is 10. The van der Waals surface area contributed by atoms with Crippen molar-refractivity contribution in [2.24, 2.45) is 17.8 Å². The topological polar surface area (TPSA) is 144 Å². The number of esters is 1. The normalized spacial score (nSPS) is 45.8. The Hall–Kier alpha value is -2.96. The van der Waals surface area contributed by atoms with Crippen molar-refractivity contribution < 1.29 is 48.6 Å². The minimum absolute atomic E-state index is 0.238. The predicted molar refractivity (Wildman–Crippen MR) is 169 cm³/mol. The number of hydrogen-bond acceptors (Lipinski definition) is 10. The van der Waals surface area contributed by atoms with Gasteiger partial charge in [-0.25, -0.2) is 4.79 Å². The molecule has 252 valence electrons. The number of ether oxygens (including phenoxy) is 5. The number of carbonyl (C=O) groups excluding carboxylic acids is 2. The number of aliphatic hydroxyl groups excluding tert-OH is 2. The largest absolute Gasteiger partial charge is 0.455 e. The summed E-state index contributed by atoms with van der Waals surface area (Å²) in [6.07, 6.45) is 8.51. The molecule has 0 spiro atoms. The molecule has 6 aliphatic rings. The van der Waals surface area contributed by atoms with E-state index >= 15 is 0 Å². The first-order valence-corrected chi connectivity index (χ1v) is 16.7. The summed E-state index contributed by atoms with van der Waals surface area (Å²) in [7, 11) is 0. The highest BCUT2D eigenvalue weighted by molar-refractivity contribution is 6.05. The molecule has 3 heterocycles. The number of benzene rings is 1. The summed E-state index contributed by atoms with van der Waals surface area (Å²) in [4.78, 5) is 27.6. The van der Waals surface area contributed by atoms with Crippen molar-refractivity contribution in [3.63, 3.8) is 0 Å². The lowest BCUT2D eigenvalue weighted by atomic mass is 9.53. The number of aliphatic hydroxyl groups is 3. The van der Waals surface area contributed by atoms with Crippen LogP contribution in [-0.2, 0) is 28.5 Å². The van der Waals surface area contributed by atoms with Gasteiger partial charge in [-0.3, -0.25) is 4.79 Å². The van der Waals surface area contributed by atoms with E-state index < -0.39 is 88.9 Å². The molecule has 10 heteroatoms. The van der Waals surface area contributed by atoms with Crippen LogP contribution in [0.15, 0.2) is 78.4 Å². The van der Waals surface area contributed by atoms with Crippen LogP contribution in [0.1, 0.15) is 63.7 Å². The van der Waals surface area contributed by atoms with E-state index in [4.69, 9.17) is 23.7 Å². The Morgan fingerprint density at radius 1 is 1.11 bits per heavy atom. The fourth-order valence-electron chi connectivity index (χ4n) is 9.24. The van der Waals surface area contributed by atoms with Gasteiger partial charge in [0.1, 0.15) is 30.0 Å². The summed E-state index contributed by atoms with van der Waals surface area (Å²) < 4.78 is 33.2. The Morgan fingerprint density at radius 3 is 2.53 bits per heavy atom. The SMILES string of the molecule is C=C(C)[C@@]12OC3(/C=C/C=C\CCCCC)O[C@@H]1[C@@H]1[C@@H]4O[C@]4(CO)[C@@H](O)[C@]4(O)C(=O)C(C)=C[C@H]4[C@@]1(O3)[C@H](C)[C@H]2OC(=O)c1ccccc1. The number of hydrogen-bond donors (Lipinski definition) is 3. The van der Waals surface area contributed by atoms with Crippen LogP contribution in [0.2, 0.25) is 0 Å². The lowest BCUT2D eigenvalue weighted by Crippen LogP contribution is -2.76. The second kappa shape index (κ2) is 11.0. The van der Waals surface area contributed by atoms with Crippen LogP contribution in [0, 0.1) is 17.8 Å². The molecule has 5 fully saturated rings. The average Bonchev–Trinajstić information content (AvgIpc) is 3.69. The van der Waals surface area contributed by atoms with E-state index in [1.54, 1.807) is 62.4 Å². The molecular formula is C37H44O10. The van der Waals surface area contributed by atoms with Crippen LogP contribution in [0.5, 0.6) is 0 Å². The molecule has 0 radical (unpaired) electrons. The predicted octanol–water partition coefficient (Wildman–Crippen LogP) is 3.70. The van der Waals surface area contributed by atoms with E-state index in [2.05, 4.69) is 13.5 Å². The van der Waals surface area contributed by atoms with Crippen LogP contribution in [0.4, 0.5) is 0 Å². The molecule has 3 N–H and O–H groups in total. The minimum Gasteiger partial charge on any atom is -0.455 e. The highest BCUT2D eigenvalue weighted by atomic mass is 16.9. The van der Waals surface area contributed by atoms with E-state index in [0.717, 1.165) is 25.7 Å². The molecule has 1 aromatic rings. The van der Waals surface area contributed by atoms with Gasteiger partial charge in [-0.2, -0.15) is 0 Å². The van der Waals surface area contributed by atoms with Gasteiger partial charge in [-0.05, 0) is 50.0 Å². The van der Waals surface area contributed by atoms with Gasteiger partial charge in [0, 0.05) is 23.8 Å². The van der Waals surface area contributed by atoms with Gasteiger partial charge in [0.05, 0.1) is 17.8 Å². The molecule has 47 heavy (non-hydrogen) atoms. The molecule has 3 aliphatic heterocycles. The van der Waals surface area contributed by atoms with Crippen molar-refractivity contribution in [3.8, 4) is 0 Å². The summed E-state index contributed by atoms with van der Waals surface area (Å²) in [5, 5.41) is 34.9. The number of fused-ring (bicyclic) bond motifs is 3. The fraction of sp³-hybridized carbons (Fsp3) is 0.568. The number of ketones is 1. The Labute approximate surface area is 274 Å². The highest BCUT2D eigenvalue weighted by Crippen LogP contribution is 2.73. The number of epoxide rings is 1. The first-order chi connectivity index (χ1) is 22.4. The van der Waals surface area contributed by atoms with Crippen molar-refractivity contribution in [1.82, 2.24) is 0 Å². The van der Waals surface area contributed by atoms with Crippen LogP contribution in [0.25, 0.3) is 0 Å². The molecule has 0 aromatic heterocycles. The van der Waals surface area contributed by atoms with Crippen molar-refractivity contribution in [3.05, 3.63) is 84.0 Å². The van der Waals surface area contributed by atoms with Gasteiger partial charge in [-0.1, -0.05) is 75.8 Å². The molecule has 3 bridgehead atoms. The lowest BCUT2D eigenvalue weighted by molar-refractivity contribution is -0.407. The standard InChI is InChI=1S/C37H44O10/c1-6-7-8-9-10-11-15-18-34-45-30-26-29-33(20-38,44-29)32(41)35(42)25(19-22(4)27(35)39)37(26,47-34)23(5)28(36(30,46-34)21(2)3)43-31(40)24-16-13-12-14-17-24/h10-19,23,25-26,28-30,32,38,41-42H,2,6-9,20H2,1,3-5H3/b11-10-,18-15+/t23-,25-,26+,28-,29+,30-,32-,33+,34?,35-,36+,37+/m1/s1. The molecule has 2 saturated carbocycles. The summed E-state index contributed by atoms with van der Waals surface area (Å²) in [5.41, 5.74) is -6.01. The summed E-state index contributed by atoms with van der Waals surface area (Å²) in [5.74, 6) is -5.81. The van der Waals surface area contributed by atoms with Crippen molar-refractivity contribution in [2.75, 3.05) is 6.61 Å². The van der Waals surface area contributed by atoms with E-state index in [-0.39, 0.29) is 5.57 Å². The zero-order valence-corrected chi connectivity index (χ0v) is 27.3. The van der Waals surface area contributed by atoms with Gasteiger partial charge in [0.2, 0.25) is 0 Å². The number of Topliss-reactive ketones (excluding diaryl/α,β-unsaturated/α-hetero) is 1. The average molecular weight is 649 g/mol. The molecule has 1 unspecified atom stereocenters. The maximum absolute atomic E-state index is 13.8. The third-order valence-corrected chi connectivity index (χ3v) is 11.5. The smallest absolute Gasteiger partial charge is 0.338 e. The van der Waals surface area contributed by atoms with Gasteiger partial charge in [0.25, 0.3) is 0 Å². The monoisotopic (exact) mass is 648 g/mol. The Balaban J connectivity index is 1.41. The number of allylic oxidation sites excluding steroid dienone is 3. The van der Waals surface area contributed by atoms with Crippen LogP contribution in [0.3, 0.4) is 0 Å². The summed E-state index contributed by atoms with van der Waals surface area (Å²) in [6, 6.07) is 8.57. The van der Waals surface area contributed by atoms with E-state index in [1.165, 1.54) is 0 Å². The number of carbonyl (C=O) groups is 2. The van der Waals surface area contributed by atoms with Gasteiger partial charge in [-0.15, -0.1) is 0 Å². The van der Waals surface area contributed by atoms with Gasteiger partial charge in [0.15, 0.2) is 17.0 Å². The van der Waals surface area contributed by atoms with E-state index in [1.807, 2.05) is 19.1 Å². The Kier molecular flexibility index (Phi) is 7.65. The van der Waals surface area contributed by atoms with E-state index in [9.17, 15) is 24.9 Å². The van der Waals surface area contributed by atoms with Crippen LogP contribution in [-0.4, -0.2) is 86.5 Å². The molecule has 1 aromatic carbocycles.